The van der Waals surface area contributed by atoms with Gasteiger partial charge in [-0.15, -0.1) is 0 Å². The molecule has 28 heavy (non-hydrogen) atoms. The SMILES string of the molecule is O=c1c2c(-c3cccc(Cl)c3)n3ncnc3nc2ccn1Cc1ccncc1. The molecule has 4 heterocycles. The number of nitrogens with zero attached hydrogens (tertiary/aromatic N) is 6. The van der Waals surface area contributed by atoms with Gasteiger partial charge in [0.2, 0.25) is 0 Å². The molecule has 7 nitrogen and oxygen atoms in total. The van der Waals surface area contributed by atoms with Crippen LogP contribution in [-0.4, -0.2) is 29.1 Å². The van der Waals surface area contributed by atoms with Gasteiger partial charge in [0.25, 0.3) is 11.3 Å². The number of pyridine rings is 2. The Morgan fingerprint density at radius 1 is 1.07 bits per heavy atom. The second kappa shape index (κ2) is 6.54. The Bertz CT molecular complexity index is 1380. The van der Waals surface area contributed by atoms with Crippen molar-refractivity contribution in [2.45, 2.75) is 6.54 Å². The molecule has 0 radical (unpaired) electrons. The number of fused-ring (bicyclic) bond motifs is 2. The molecule has 0 aliphatic rings. The first kappa shape index (κ1) is 16.6. The Kier molecular flexibility index (Phi) is 3.87. The van der Waals surface area contributed by atoms with E-state index in [0.717, 1.165) is 11.1 Å². The molecular weight excluding hydrogens is 376 g/mol. The average molecular weight is 389 g/mol. The lowest BCUT2D eigenvalue weighted by atomic mass is 10.1. The van der Waals surface area contributed by atoms with E-state index in [-0.39, 0.29) is 5.56 Å². The largest absolute Gasteiger partial charge is 0.310 e. The smallest absolute Gasteiger partial charge is 0.262 e. The van der Waals surface area contributed by atoms with Crippen LogP contribution < -0.4 is 5.56 Å². The van der Waals surface area contributed by atoms with Crippen molar-refractivity contribution < 1.29 is 0 Å². The summed E-state index contributed by atoms with van der Waals surface area (Å²) in [5.41, 5.74) is 2.78. The summed E-state index contributed by atoms with van der Waals surface area (Å²) in [4.78, 5) is 26.1. The van der Waals surface area contributed by atoms with Crippen LogP contribution in [0.1, 0.15) is 5.56 Å². The average Bonchev–Trinajstić information content (AvgIpc) is 3.17. The summed E-state index contributed by atoms with van der Waals surface area (Å²) in [5, 5.41) is 5.32. The van der Waals surface area contributed by atoms with Crippen molar-refractivity contribution >= 4 is 28.3 Å². The van der Waals surface area contributed by atoms with Crippen molar-refractivity contribution in [3.05, 3.63) is 88.3 Å². The van der Waals surface area contributed by atoms with Crippen molar-refractivity contribution in [2.24, 2.45) is 0 Å². The summed E-state index contributed by atoms with van der Waals surface area (Å²) >= 11 is 6.20. The number of aromatic nitrogens is 6. The van der Waals surface area contributed by atoms with Gasteiger partial charge in [-0.25, -0.2) is 4.98 Å². The zero-order valence-electron chi connectivity index (χ0n) is 14.5. The highest BCUT2D eigenvalue weighted by atomic mass is 35.5. The fourth-order valence-electron chi connectivity index (χ4n) is 3.28. The van der Waals surface area contributed by atoms with Crippen LogP contribution in [0.5, 0.6) is 0 Å². The summed E-state index contributed by atoms with van der Waals surface area (Å²) in [6.07, 6.45) is 6.58. The van der Waals surface area contributed by atoms with Gasteiger partial charge in [0.1, 0.15) is 6.33 Å². The number of halogens is 1. The number of hydrogen-bond donors (Lipinski definition) is 0. The second-order valence-corrected chi connectivity index (χ2v) is 6.74. The molecule has 0 N–H and O–H groups in total. The summed E-state index contributed by atoms with van der Waals surface area (Å²) in [5.74, 6) is 0.425. The first-order valence-corrected chi connectivity index (χ1v) is 8.96. The third kappa shape index (κ3) is 2.73. The number of hydrogen-bond acceptors (Lipinski definition) is 5. The fourth-order valence-corrected chi connectivity index (χ4v) is 3.47. The van der Waals surface area contributed by atoms with Gasteiger partial charge in [-0.05, 0) is 35.9 Å². The van der Waals surface area contributed by atoms with E-state index in [9.17, 15) is 4.79 Å². The molecule has 5 aromatic rings. The molecule has 136 valence electrons. The van der Waals surface area contributed by atoms with E-state index in [4.69, 9.17) is 11.6 Å². The molecule has 0 amide bonds. The van der Waals surface area contributed by atoms with Gasteiger partial charge in [-0.3, -0.25) is 9.78 Å². The van der Waals surface area contributed by atoms with E-state index >= 15 is 0 Å². The quantitative estimate of drug-likeness (QED) is 0.474. The molecule has 0 bridgehead atoms. The molecule has 0 aliphatic carbocycles. The molecule has 0 aliphatic heterocycles. The predicted octanol–water partition coefficient (Wildman–Crippen LogP) is 3.20. The number of benzene rings is 1. The van der Waals surface area contributed by atoms with Gasteiger partial charge >= 0.3 is 0 Å². The van der Waals surface area contributed by atoms with E-state index < -0.39 is 0 Å². The van der Waals surface area contributed by atoms with Crippen molar-refractivity contribution in [3.63, 3.8) is 0 Å². The van der Waals surface area contributed by atoms with Crippen LogP contribution >= 0.6 is 11.6 Å². The summed E-state index contributed by atoms with van der Waals surface area (Å²) < 4.78 is 3.22. The standard InChI is InChI=1S/C20H13ClN6O/c21-15-3-1-2-14(10-15)18-17-16(25-20-23-12-24-27(18)20)6-9-26(19(17)28)11-13-4-7-22-8-5-13/h1-10,12H,11H2. The topological polar surface area (TPSA) is 78.0 Å². The van der Waals surface area contributed by atoms with Gasteiger partial charge in [0.15, 0.2) is 0 Å². The second-order valence-electron chi connectivity index (χ2n) is 6.31. The lowest BCUT2D eigenvalue weighted by molar-refractivity contribution is 0.765. The summed E-state index contributed by atoms with van der Waals surface area (Å²) in [6, 6.07) is 12.9. The lowest BCUT2D eigenvalue weighted by Crippen LogP contribution is -2.22. The zero-order chi connectivity index (χ0) is 19.1. The highest BCUT2D eigenvalue weighted by Gasteiger charge is 2.17. The van der Waals surface area contributed by atoms with Gasteiger partial charge in [-0.1, -0.05) is 23.7 Å². The van der Waals surface area contributed by atoms with Gasteiger partial charge in [0, 0.05) is 29.2 Å². The third-order valence-corrected chi connectivity index (χ3v) is 4.78. The van der Waals surface area contributed by atoms with Crippen molar-refractivity contribution in [3.8, 4) is 11.3 Å². The van der Waals surface area contributed by atoms with Crippen LogP contribution in [0.4, 0.5) is 0 Å². The van der Waals surface area contributed by atoms with Crippen molar-refractivity contribution in [2.75, 3.05) is 0 Å². The van der Waals surface area contributed by atoms with Gasteiger partial charge in [0.05, 0.1) is 23.1 Å². The highest BCUT2D eigenvalue weighted by Crippen LogP contribution is 2.27. The first-order valence-electron chi connectivity index (χ1n) is 8.58. The Labute approximate surface area is 163 Å². The van der Waals surface area contributed by atoms with Crippen LogP contribution in [0, 0.1) is 0 Å². The Morgan fingerprint density at radius 3 is 2.75 bits per heavy atom. The van der Waals surface area contributed by atoms with Gasteiger partial charge < -0.3 is 4.57 Å². The van der Waals surface area contributed by atoms with E-state index in [2.05, 4.69) is 20.1 Å². The maximum absolute atomic E-state index is 13.4. The molecule has 5 rings (SSSR count). The van der Waals surface area contributed by atoms with E-state index in [1.807, 2.05) is 30.3 Å². The van der Waals surface area contributed by atoms with Crippen LogP contribution in [-0.2, 0) is 6.54 Å². The maximum Gasteiger partial charge on any atom is 0.262 e. The third-order valence-electron chi connectivity index (χ3n) is 4.54. The summed E-state index contributed by atoms with van der Waals surface area (Å²) in [7, 11) is 0. The van der Waals surface area contributed by atoms with Crippen molar-refractivity contribution in [1.29, 1.82) is 0 Å². The van der Waals surface area contributed by atoms with E-state index in [0.29, 0.717) is 33.9 Å². The Morgan fingerprint density at radius 2 is 1.93 bits per heavy atom. The van der Waals surface area contributed by atoms with Gasteiger partial charge in [-0.2, -0.15) is 14.6 Å². The molecule has 0 saturated heterocycles. The molecule has 0 spiro atoms. The molecular formula is C20H13ClN6O. The monoisotopic (exact) mass is 388 g/mol. The maximum atomic E-state index is 13.4. The minimum absolute atomic E-state index is 0.158. The highest BCUT2D eigenvalue weighted by molar-refractivity contribution is 6.30. The molecule has 0 fully saturated rings. The summed E-state index contributed by atoms with van der Waals surface area (Å²) in [6.45, 7) is 0.432. The lowest BCUT2D eigenvalue weighted by Gasteiger charge is -2.12. The van der Waals surface area contributed by atoms with E-state index in [1.165, 1.54) is 6.33 Å². The predicted molar refractivity (Wildman–Crippen MR) is 106 cm³/mol. The number of rotatable bonds is 3. The fraction of sp³-hybridized carbons (Fsp3) is 0.0500. The molecule has 0 unspecified atom stereocenters. The first-order chi connectivity index (χ1) is 13.7. The molecule has 1 aromatic carbocycles. The van der Waals surface area contributed by atoms with Crippen molar-refractivity contribution in [1.82, 2.24) is 29.1 Å². The van der Waals surface area contributed by atoms with Crippen LogP contribution in [0.3, 0.4) is 0 Å². The van der Waals surface area contributed by atoms with Crippen LogP contribution in [0.25, 0.3) is 27.9 Å². The zero-order valence-corrected chi connectivity index (χ0v) is 15.3. The van der Waals surface area contributed by atoms with Crippen LogP contribution in [0.15, 0.2) is 72.2 Å². The van der Waals surface area contributed by atoms with Crippen LogP contribution in [0.2, 0.25) is 5.02 Å². The van der Waals surface area contributed by atoms with E-state index in [1.54, 1.807) is 39.8 Å². The minimum Gasteiger partial charge on any atom is -0.310 e. The molecule has 0 atom stereocenters. The molecule has 8 heteroatoms. The molecule has 0 saturated carbocycles. The Hall–Kier alpha value is -3.58. The molecule has 4 aromatic heterocycles. The minimum atomic E-state index is -0.158. The Balaban J connectivity index is 1.83. The normalized spacial score (nSPS) is 11.3.